The van der Waals surface area contributed by atoms with Crippen molar-refractivity contribution in [1.82, 2.24) is 15.1 Å². The second kappa shape index (κ2) is 9.16. The molecule has 6 heteroatoms. The van der Waals surface area contributed by atoms with Crippen molar-refractivity contribution in [3.05, 3.63) is 71.5 Å². The van der Waals surface area contributed by atoms with Gasteiger partial charge in [-0.2, -0.15) is 0 Å². The van der Waals surface area contributed by atoms with Gasteiger partial charge in [0.1, 0.15) is 5.82 Å². The molecule has 0 atom stereocenters. The van der Waals surface area contributed by atoms with Crippen LogP contribution in [0.15, 0.2) is 54.6 Å². The smallest absolute Gasteiger partial charge is 0.317 e. The molecule has 1 heterocycles. The molecule has 142 valence electrons. The lowest BCUT2D eigenvalue weighted by molar-refractivity contribution is -0.130. The molecular weight excluding hydrogens is 345 g/mol. The van der Waals surface area contributed by atoms with E-state index in [9.17, 15) is 14.0 Å². The number of carbonyl (C=O) groups excluding carboxylic acids is 2. The molecule has 0 aromatic heterocycles. The SMILES string of the molecule is O=C(Cc1cccc(F)c1)N1CCCN(C(=O)NCc2ccccc2)CC1. The molecule has 2 aromatic rings. The molecule has 3 rings (SSSR count). The number of benzene rings is 2. The van der Waals surface area contributed by atoms with Crippen molar-refractivity contribution in [3.8, 4) is 0 Å². The number of urea groups is 1. The Kier molecular flexibility index (Phi) is 6.41. The van der Waals surface area contributed by atoms with E-state index in [1.165, 1.54) is 12.1 Å². The highest BCUT2D eigenvalue weighted by Crippen LogP contribution is 2.09. The first kappa shape index (κ1) is 18.9. The highest BCUT2D eigenvalue weighted by Gasteiger charge is 2.22. The van der Waals surface area contributed by atoms with Crippen molar-refractivity contribution in [3.63, 3.8) is 0 Å². The average Bonchev–Trinajstić information content (AvgIpc) is 2.93. The minimum Gasteiger partial charge on any atom is -0.341 e. The van der Waals surface area contributed by atoms with Crippen molar-refractivity contribution in [1.29, 1.82) is 0 Å². The molecule has 1 N–H and O–H groups in total. The largest absolute Gasteiger partial charge is 0.341 e. The Hall–Kier alpha value is -2.89. The van der Waals surface area contributed by atoms with Gasteiger partial charge in [-0.25, -0.2) is 9.18 Å². The molecule has 0 saturated carbocycles. The van der Waals surface area contributed by atoms with Crippen molar-refractivity contribution >= 4 is 11.9 Å². The maximum Gasteiger partial charge on any atom is 0.317 e. The first-order chi connectivity index (χ1) is 13.1. The quantitative estimate of drug-likeness (QED) is 0.901. The maximum absolute atomic E-state index is 13.3. The summed E-state index contributed by atoms with van der Waals surface area (Å²) in [5.74, 6) is -0.371. The van der Waals surface area contributed by atoms with Gasteiger partial charge in [0.05, 0.1) is 6.42 Å². The predicted octanol–water partition coefficient (Wildman–Crippen LogP) is 2.81. The number of carbonyl (C=O) groups is 2. The van der Waals surface area contributed by atoms with Gasteiger partial charge >= 0.3 is 6.03 Å². The molecule has 5 nitrogen and oxygen atoms in total. The molecule has 1 saturated heterocycles. The normalized spacial score (nSPS) is 14.6. The summed E-state index contributed by atoms with van der Waals surface area (Å²) in [5, 5.41) is 2.93. The Morgan fingerprint density at radius 2 is 1.59 bits per heavy atom. The first-order valence-electron chi connectivity index (χ1n) is 9.21. The predicted molar refractivity (Wildman–Crippen MR) is 102 cm³/mol. The number of nitrogens with zero attached hydrogens (tertiary/aromatic N) is 2. The van der Waals surface area contributed by atoms with E-state index in [0.717, 1.165) is 12.0 Å². The molecule has 0 bridgehead atoms. The summed E-state index contributed by atoms with van der Waals surface area (Å²) in [4.78, 5) is 28.4. The van der Waals surface area contributed by atoms with E-state index in [1.54, 1.807) is 21.9 Å². The molecule has 1 aliphatic rings. The lowest BCUT2D eigenvalue weighted by Crippen LogP contribution is -2.42. The van der Waals surface area contributed by atoms with Gasteiger partial charge in [-0.05, 0) is 29.7 Å². The summed E-state index contributed by atoms with van der Waals surface area (Å²) in [5.41, 5.74) is 1.72. The summed E-state index contributed by atoms with van der Waals surface area (Å²) in [6.45, 7) is 2.70. The van der Waals surface area contributed by atoms with Gasteiger partial charge in [0, 0.05) is 32.7 Å². The molecule has 3 amide bonds. The third kappa shape index (κ3) is 5.54. The summed E-state index contributed by atoms with van der Waals surface area (Å²) >= 11 is 0. The van der Waals surface area contributed by atoms with E-state index in [1.807, 2.05) is 30.3 Å². The van der Waals surface area contributed by atoms with Crippen LogP contribution in [-0.2, 0) is 17.8 Å². The van der Waals surface area contributed by atoms with Crippen LogP contribution in [-0.4, -0.2) is 47.9 Å². The van der Waals surface area contributed by atoms with Gasteiger partial charge in [0.2, 0.25) is 5.91 Å². The Balaban J connectivity index is 1.49. The fraction of sp³-hybridized carbons (Fsp3) is 0.333. The highest BCUT2D eigenvalue weighted by atomic mass is 19.1. The zero-order chi connectivity index (χ0) is 19.1. The average molecular weight is 369 g/mol. The van der Waals surface area contributed by atoms with Gasteiger partial charge < -0.3 is 15.1 Å². The van der Waals surface area contributed by atoms with E-state index >= 15 is 0 Å². The molecule has 0 radical (unpaired) electrons. The van der Waals surface area contributed by atoms with Gasteiger partial charge in [-0.3, -0.25) is 4.79 Å². The standard InChI is InChI=1S/C21H24FN3O2/c22-19-9-4-8-18(14-19)15-20(26)24-10-5-11-25(13-12-24)21(27)23-16-17-6-2-1-3-7-17/h1-4,6-9,14H,5,10-13,15-16H2,(H,23,27). The van der Waals surface area contributed by atoms with Crippen molar-refractivity contribution in [2.24, 2.45) is 0 Å². The van der Waals surface area contributed by atoms with Crippen LogP contribution in [0, 0.1) is 5.82 Å². The molecule has 2 aromatic carbocycles. The van der Waals surface area contributed by atoms with Crippen molar-refractivity contribution < 1.29 is 14.0 Å². The van der Waals surface area contributed by atoms with Crippen LogP contribution in [0.5, 0.6) is 0 Å². The zero-order valence-corrected chi connectivity index (χ0v) is 15.2. The lowest BCUT2D eigenvalue weighted by atomic mass is 10.1. The van der Waals surface area contributed by atoms with Crippen LogP contribution in [0.3, 0.4) is 0 Å². The van der Waals surface area contributed by atoms with E-state index in [2.05, 4.69) is 5.32 Å². The maximum atomic E-state index is 13.3. The molecule has 27 heavy (non-hydrogen) atoms. The fourth-order valence-electron chi connectivity index (χ4n) is 3.19. The number of nitrogens with one attached hydrogen (secondary N) is 1. The number of hydrogen-bond acceptors (Lipinski definition) is 2. The van der Waals surface area contributed by atoms with Gasteiger partial charge in [-0.1, -0.05) is 42.5 Å². The second-order valence-corrected chi connectivity index (χ2v) is 6.67. The fourth-order valence-corrected chi connectivity index (χ4v) is 3.19. The van der Waals surface area contributed by atoms with Crippen LogP contribution in [0.1, 0.15) is 17.5 Å². The highest BCUT2D eigenvalue weighted by molar-refractivity contribution is 5.79. The molecule has 0 unspecified atom stereocenters. The number of halogens is 1. The summed E-state index contributed by atoms with van der Waals surface area (Å²) < 4.78 is 13.3. The molecular formula is C21H24FN3O2. The van der Waals surface area contributed by atoms with Crippen LogP contribution in [0.25, 0.3) is 0 Å². The van der Waals surface area contributed by atoms with Crippen LogP contribution in [0.4, 0.5) is 9.18 Å². The van der Waals surface area contributed by atoms with Crippen molar-refractivity contribution in [2.75, 3.05) is 26.2 Å². The Morgan fingerprint density at radius 3 is 2.37 bits per heavy atom. The Labute approximate surface area is 158 Å². The third-order valence-corrected chi connectivity index (χ3v) is 4.67. The minimum absolute atomic E-state index is 0.0351. The molecule has 1 fully saturated rings. The number of amides is 3. The second-order valence-electron chi connectivity index (χ2n) is 6.67. The minimum atomic E-state index is -0.336. The van der Waals surface area contributed by atoms with E-state index in [0.29, 0.717) is 38.3 Å². The molecule has 1 aliphatic heterocycles. The third-order valence-electron chi connectivity index (χ3n) is 4.67. The van der Waals surface area contributed by atoms with Crippen LogP contribution >= 0.6 is 0 Å². The number of hydrogen-bond donors (Lipinski definition) is 1. The van der Waals surface area contributed by atoms with E-state index in [4.69, 9.17) is 0 Å². The zero-order valence-electron chi connectivity index (χ0n) is 15.2. The van der Waals surface area contributed by atoms with Crippen LogP contribution < -0.4 is 5.32 Å². The van der Waals surface area contributed by atoms with Crippen LogP contribution in [0.2, 0.25) is 0 Å². The van der Waals surface area contributed by atoms with E-state index < -0.39 is 0 Å². The molecule has 0 aliphatic carbocycles. The van der Waals surface area contributed by atoms with Gasteiger partial charge in [0.15, 0.2) is 0 Å². The lowest BCUT2D eigenvalue weighted by Gasteiger charge is -2.22. The summed E-state index contributed by atoms with van der Waals surface area (Å²) in [6.07, 6.45) is 0.908. The van der Waals surface area contributed by atoms with E-state index in [-0.39, 0.29) is 24.2 Å². The topological polar surface area (TPSA) is 52.7 Å². The summed E-state index contributed by atoms with van der Waals surface area (Å²) in [6, 6.07) is 15.8. The first-order valence-corrected chi connectivity index (χ1v) is 9.21. The molecule has 0 spiro atoms. The van der Waals surface area contributed by atoms with Gasteiger partial charge in [0.25, 0.3) is 0 Å². The van der Waals surface area contributed by atoms with Crippen molar-refractivity contribution in [2.45, 2.75) is 19.4 Å². The summed E-state index contributed by atoms with van der Waals surface area (Å²) in [7, 11) is 0. The Bertz CT molecular complexity index is 782. The number of rotatable bonds is 4. The Morgan fingerprint density at radius 1 is 0.889 bits per heavy atom. The van der Waals surface area contributed by atoms with Gasteiger partial charge in [-0.15, -0.1) is 0 Å². The monoisotopic (exact) mass is 369 g/mol.